The number of amides is 1. The highest BCUT2D eigenvalue weighted by Gasteiger charge is 2.29. The molecule has 0 saturated carbocycles. The molecule has 0 aromatic heterocycles. The van der Waals surface area contributed by atoms with Crippen LogP contribution in [0.2, 0.25) is 0 Å². The number of hydrogen-bond donors (Lipinski definition) is 2. The monoisotopic (exact) mass is 336 g/mol. The molecule has 4 heteroatoms. The van der Waals surface area contributed by atoms with Gasteiger partial charge in [-0.3, -0.25) is 4.79 Å². The van der Waals surface area contributed by atoms with Crippen LogP contribution in [-0.2, 0) is 16.0 Å². The molecule has 0 spiro atoms. The van der Waals surface area contributed by atoms with Crippen LogP contribution in [0.5, 0.6) is 0 Å². The maximum atomic E-state index is 12.1. The van der Waals surface area contributed by atoms with Crippen molar-refractivity contribution >= 4 is 12.2 Å². The van der Waals surface area contributed by atoms with Gasteiger partial charge in [-0.15, -0.1) is 0 Å². The first-order valence-corrected chi connectivity index (χ1v) is 8.79. The zero-order valence-electron chi connectivity index (χ0n) is 14.4. The molecule has 1 aliphatic heterocycles. The molecule has 0 unspecified atom stereocenters. The molecule has 0 aliphatic carbocycles. The normalized spacial score (nSPS) is 20.8. The first-order chi connectivity index (χ1) is 12.2. The van der Waals surface area contributed by atoms with Gasteiger partial charge in [0.2, 0.25) is 5.91 Å². The van der Waals surface area contributed by atoms with Gasteiger partial charge in [0.25, 0.3) is 0 Å². The summed E-state index contributed by atoms with van der Waals surface area (Å²) in [5.41, 5.74) is 3.72. The van der Waals surface area contributed by atoms with E-state index >= 15 is 0 Å². The zero-order chi connectivity index (χ0) is 17.6. The number of aldehydes is 1. The molecule has 1 saturated heterocycles. The predicted molar refractivity (Wildman–Crippen MR) is 99.1 cm³/mol. The molecular formula is C21H24N2O2. The Bertz CT molecular complexity index is 712. The summed E-state index contributed by atoms with van der Waals surface area (Å²) in [7, 11) is 0. The Kier molecular flexibility index (Phi) is 5.61. The third-order valence-corrected chi connectivity index (χ3v) is 4.70. The lowest BCUT2D eigenvalue weighted by atomic mass is 9.95. The van der Waals surface area contributed by atoms with E-state index in [1.54, 1.807) is 6.92 Å². The van der Waals surface area contributed by atoms with Crippen molar-refractivity contribution in [3.8, 4) is 11.1 Å². The van der Waals surface area contributed by atoms with Crippen LogP contribution < -0.4 is 10.6 Å². The van der Waals surface area contributed by atoms with E-state index in [1.807, 2.05) is 18.2 Å². The molecule has 1 aliphatic rings. The van der Waals surface area contributed by atoms with E-state index < -0.39 is 6.04 Å². The van der Waals surface area contributed by atoms with E-state index in [0.717, 1.165) is 25.7 Å². The molecule has 1 amide bonds. The molecular weight excluding hydrogens is 312 g/mol. The molecule has 2 N–H and O–H groups in total. The summed E-state index contributed by atoms with van der Waals surface area (Å²) in [4.78, 5) is 22.7. The SMILES string of the molecule is C[C@@H](C=O)NC(=O)[C@H]1C[C@H](Cc2ccc(-c3ccccc3)cc2)CN1. The number of benzene rings is 2. The predicted octanol–water partition coefficient (Wildman–Crippen LogP) is 2.58. The molecule has 0 radical (unpaired) electrons. The van der Waals surface area contributed by atoms with Crippen molar-refractivity contribution in [2.45, 2.75) is 31.8 Å². The highest BCUT2D eigenvalue weighted by atomic mass is 16.2. The second-order valence-corrected chi connectivity index (χ2v) is 6.76. The minimum Gasteiger partial charge on any atom is -0.346 e. The van der Waals surface area contributed by atoms with Crippen LogP contribution in [0.25, 0.3) is 11.1 Å². The molecule has 1 heterocycles. The highest BCUT2D eigenvalue weighted by Crippen LogP contribution is 2.23. The standard InChI is InChI=1S/C21H24N2O2/c1-15(14-24)23-21(25)20-12-17(13-22-20)11-16-7-9-19(10-8-16)18-5-3-2-4-6-18/h2-10,14-15,17,20,22H,11-13H2,1H3,(H,23,25)/t15-,17-,20+/m0/s1. The van der Waals surface area contributed by atoms with Crippen molar-refractivity contribution in [3.05, 3.63) is 60.2 Å². The summed E-state index contributed by atoms with van der Waals surface area (Å²) in [5, 5.41) is 5.98. The molecule has 25 heavy (non-hydrogen) atoms. The van der Waals surface area contributed by atoms with Crippen LogP contribution >= 0.6 is 0 Å². The van der Waals surface area contributed by atoms with Crippen molar-refractivity contribution in [2.24, 2.45) is 5.92 Å². The maximum absolute atomic E-state index is 12.1. The second kappa shape index (κ2) is 8.08. The lowest BCUT2D eigenvalue weighted by Gasteiger charge is -2.13. The second-order valence-electron chi connectivity index (χ2n) is 6.76. The smallest absolute Gasteiger partial charge is 0.237 e. The molecule has 130 valence electrons. The molecule has 4 nitrogen and oxygen atoms in total. The fourth-order valence-corrected chi connectivity index (χ4v) is 3.32. The third-order valence-electron chi connectivity index (χ3n) is 4.70. The largest absolute Gasteiger partial charge is 0.346 e. The van der Waals surface area contributed by atoms with Gasteiger partial charge in [0.05, 0.1) is 12.1 Å². The summed E-state index contributed by atoms with van der Waals surface area (Å²) >= 11 is 0. The van der Waals surface area contributed by atoms with Gasteiger partial charge >= 0.3 is 0 Å². The van der Waals surface area contributed by atoms with Gasteiger partial charge in [0, 0.05) is 0 Å². The number of rotatable bonds is 6. The summed E-state index contributed by atoms with van der Waals surface area (Å²) in [6.45, 7) is 2.51. The maximum Gasteiger partial charge on any atom is 0.237 e. The Balaban J connectivity index is 1.55. The van der Waals surface area contributed by atoms with Crippen molar-refractivity contribution in [3.63, 3.8) is 0 Å². The van der Waals surface area contributed by atoms with Gasteiger partial charge in [0.15, 0.2) is 0 Å². The topological polar surface area (TPSA) is 58.2 Å². The van der Waals surface area contributed by atoms with Gasteiger partial charge in [-0.05, 0) is 48.9 Å². The van der Waals surface area contributed by atoms with Gasteiger partial charge in [0.1, 0.15) is 6.29 Å². The molecule has 2 aromatic rings. The van der Waals surface area contributed by atoms with Crippen LogP contribution in [0.1, 0.15) is 18.9 Å². The summed E-state index contributed by atoms with van der Waals surface area (Å²) in [6.07, 6.45) is 2.51. The van der Waals surface area contributed by atoms with Crippen LogP contribution in [0.15, 0.2) is 54.6 Å². The van der Waals surface area contributed by atoms with E-state index in [2.05, 4.69) is 47.0 Å². The average molecular weight is 336 g/mol. The van der Waals surface area contributed by atoms with Gasteiger partial charge < -0.3 is 15.4 Å². The number of carbonyl (C=O) groups is 2. The Morgan fingerprint density at radius 2 is 1.84 bits per heavy atom. The van der Waals surface area contributed by atoms with E-state index in [0.29, 0.717) is 5.92 Å². The van der Waals surface area contributed by atoms with Crippen LogP contribution in [0.4, 0.5) is 0 Å². The van der Waals surface area contributed by atoms with Crippen LogP contribution in [0, 0.1) is 5.92 Å². The molecule has 3 rings (SSSR count). The minimum atomic E-state index is -0.432. The third kappa shape index (κ3) is 4.54. The lowest BCUT2D eigenvalue weighted by molar-refractivity contribution is -0.125. The summed E-state index contributed by atoms with van der Waals surface area (Å²) in [5.74, 6) is 0.353. The summed E-state index contributed by atoms with van der Waals surface area (Å²) < 4.78 is 0. The van der Waals surface area contributed by atoms with E-state index in [4.69, 9.17) is 0 Å². The molecule has 3 atom stereocenters. The van der Waals surface area contributed by atoms with Crippen molar-refractivity contribution in [1.29, 1.82) is 0 Å². The average Bonchev–Trinajstić information content (AvgIpc) is 3.11. The van der Waals surface area contributed by atoms with Gasteiger partial charge in [-0.1, -0.05) is 54.6 Å². The number of carbonyl (C=O) groups excluding carboxylic acids is 2. The zero-order valence-corrected chi connectivity index (χ0v) is 14.4. The Morgan fingerprint density at radius 1 is 1.16 bits per heavy atom. The Labute approximate surface area is 148 Å². The van der Waals surface area contributed by atoms with E-state index in [1.165, 1.54) is 16.7 Å². The Hall–Kier alpha value is -2.46. The van der Waals surface area contributed by atoms with E-state index in [-0.39, 0.29) is 11.9 Å². The van der Waals surface area contributed by atoms with Crippen molar-refractivity contribution < 1.29 is 9.59 Å². The van der Waals surface area contributed by atoms with Crippen LogP contribution in [0.3, 0.4) is 0 Å². The fourth-order valence-electron chi connectivity index (χ4n) is 3.32. The molecule has 0 bridgehead atoms. The quantitative estimate of drug-likeness (QED) is 0.797. The first kappa shape index (κ1) is 17.4. The van der Waals surface area contributed by atoms with Crippen molar-refractivity contribution in [2.75, 3.05) is 6.54 Å². The highest BCUT2D eigenvalue weighted by molar-refractivity contribution is 5.84. The first-order valence-electron chi connectivity index (χ1n) is 8.79. The van der Waals surface area contributed by atoms with E-state index in [9.17, 15) is 9.59 Å². The number of hydrogen-bond acceptors (Lipinski definition) is 3. The molecule has 1 fully saturated rings. The summed E-state index contributed by atoms with van der Waals surface area (Å²) in [6, 6.07) is 18.4. The molecule has 2 aromatic carbocycles. The minimum absolute atomic E-state index is 0.0819. The number of nitrogens with one attached hydrogen (secondary N) is 2. The van der Waals surface area contributed by atoms with Crippen molar-refractivity contribution in [1.82, 2.24) is 10.6 Å². The lowest BCUT2D eigenvalue weighted by Crippen LogP contribution is -2.44. The fraction of sp³-hybridized carbons (Fsp3) is 0.333. The van der Waals surface area contributed by atoms with Crippen LogP contribution in [-0.4, -0.2) is 30.8 Å². The Morgan fingerprint density at radius 3 is 2.52 bits per heavy atom. The van der Waals surface area contributed by atoms with Gasteiger partial charge in [-0.2, -0.15) is 0 Å². The van der Waals surface area contributed by atoms with Gasteiger partial charge in [-0.25, -0.2) is 0 Å².